The Balaban J connectivity index is 1.27. The molecule has 3 heterocycles. The van der Waals surface area contributed by atoms with Gasteiger partial charge in [-0.1, -0.05) is 6.07 Å². The molecule has 4 nitrogen and oxygen atoms in total. The van der Waals surface area contributed by atoms with Gasteiger partial charge < -0.3 is 5.32 Å². The number of nitrogens with one attached hydrogen (secondary N) is 1. The fourth-order valence-corrected chi connectivity index (χ4v) is 3.89. The van der Waals surface area contributed by atoms with Crippen LogP contribution in [0.15, 0.2) is 42.6 Å². The molecule has 1 aliphatic rings. The highest BCUT2D eigenvalue weighted by atomic mass is 16.1. The number of ketones is 1. The van der Waals surface area contributed by atoms with E-state index < -0.39 is 0 Å². The van der Waals surface area contributed by atoms with Crippen LogP contribution in [-0.2, 0) is 17.6 Å². The molecule has 0 aliphatic carbocycles. The van der Waals surface area contributed by atoms with Gasteiger partial charge in [-0.15, -0.1) is 0 Å². The summed E-state index contributed by atoms with van der Waals surface area (Å²) in [5.41, 5.74) is 6.89. The molecule has 4 rings (SSSR count). The van der Waals surface area contributed by atoms with Crippen molar-refractivity contribution in [2.75, 3.05) is 11.9 Å². The van der Waals surface area contributed by atoms with Gasteiger partial charge in [0.25, 0.3) is 0 Å². The first-order chi connectivity index (χ1) is 14.6. The third-order valence-corrected chi connectivity index (χ3v) is 5.84. The molecule has 0 radical (unpaired) electrons. The Morgan fingerprint density at radius 2 is 2.00 bits per heavy atom. The van der Waals surface area contributed by atoms with Crippen LogP contribution in [0.25, 0.3) is 17.0 Å². The van der Waals surface area contributed by atoms with E-state index in [2.05, 4.69) is 54.5 Å². The first-order valence-corrected chi connectivity index (χ1v) is 10.9. The number of benzene rings is 1. The summed E-state index contributed by atoms with van der Waals surface area (Å²) in [7, 11) is 0. The van der Waals surface area contributed by atoms with Crippen LogP contribution >= 0.6 is 0 Å². The lowest BCUT2D eigenvalue weighted by Crippen LogP contribution is -2.14. The normalized spacial score (nSPS) is 13.4. The van der Waals surface area contributed by atoms with E-state index in [-0.39, 0.29) is 5.78 Å². The van der Waals surface area contributed by atoms with E-state index in [0.717, 1.165) is 60.2 Å². The third kappa shape index (κ3) is 4.93. The van der Waals surface area contributed by atoms with E-state index in [1.54, 1.807) is 6.08 Å². The van der Waals surface area contributed by atoms with Gasteiger partial charge in [-0.25, -0.2) is 4.98 Å². The van der Waals surface area contributed by atoms with Crippen LogP contribution in [0.5, 0.6) is 0 Å². The molecule has 0 saturated carbocycles. The number of hydrogen-bond acceptors (Lipinski definition) is 4. The highest BCUT2D eigenvalue weighted by Gasteiger charge is 2.10. The van der Waals surface area contributed by atoms with Gasteiger partial charge in [-0.3, -0.25) is 9.78 Å². The Kier molecular flexibility index (Phi) is 6.22. The minimum atomic E-state index is 0.162. The van der Waals surface area contributed by atoms with E-state index in [1.165, 1.54) is 23.1 Å². The first kappa shape index (κ1) is 20.3. The van der Waals surface area contributed by atoms with Crippen LogP contribution in [0.3, 0.4) is 0 Å². The molecule has 4 heteroatoms. The van der Waals surface area contributed by atoms with Crippen LogP contribution in [0, 0.1) is 13.8 Å². The Morgan fingerprint density at radius 1 is 1.13 bits per heavy atom. The molecule has 154 valence electrons. The van der Waals surface area contributed by atoms with Gasteiger partial charge in [0, 0.05) is 30.2 Å². The highest BCUT2D eigenvalue weighted by molar-refractivity contribution is 5.94. The number of fused-ring (bicyclic) bond motifs is 2. The Bertz CT molecular complexity index is 1100. The maximum atomic E-state index is 12.2. The molecular weight excluding hydrogens is 370 g/mol. The summed E-state index contributed by atoms with van der Waals surface area (Å²) in [6.45, 7) is 5.22. The molecule has 0 spiro atoms. The topological polar surface area (TPSA) is 54.9 Å². The third-order valence-electron chi connectivity index (χ3n) is 5.84. The lowest BCUT2D eigenvalue weighted by molar-refractivity contribution is -0.114. The zero-order valence-corrected chi connectivity index (χ0v) is 17.9. The molecule has 30 heavy (non-hydrogen) atoms. The van der Waals surface area contributed by atoms with Gasteiger partial charge in [0.15, 0.2) is 5.78 Å². The van der Waals surface area contributed by atoms with E-state index in [4.69, 9.17) is 4.98 Å². The van der Waals surface area contributed by atoms with Gasteiger partial charge in [-0.05, 0) is 105 Å². The van der Waals surface area contributed by atoms with E-state index >= 15 is 0 Å². The molecule has 1 N–H and O–H groups in total. The summed E-state index contributed by atoms with van der Waals surface area (Å²) in [5.74, 6) is 1.21. The van der Waals surface area contributed by atoms with Gasteiger partial charge in [0.05, 0.1) is 5.52 Å². The second kappa shape index (κ2) is 9.21. The number of allylic oxidation sites excluding steroid dienone is 1. The predicted octanol–water partition coefficient (Wildman–Crippen LogP) is 5.60. The number of aromatic nitrogens is 2. The van der Waals surface area contributed by atoms with Crippen molar-refractivity contribution in [2.45, 2.75) is 52.4 Å². The number of carbonyl (C=O) groups excluding carboxylic acids is 1. The summed E-state index contributed by atoms with van der Waals surface area (Å²) in [6, 6.07) is 10.7. The predicted molar refractivity (Wildman–Crippen MR) is 124 cm³/mol. The lowest BCUT2D eigenvalue weighted by Gasteiger charge is -2.17. The summed E-state index contributed by atoms with van der Waals surface area (Å²) in [4.78, 5) is 21.5. The molecule has 1 aromatic carbocycles. The number of anilines is 1. The van der Waals surface area contributed by atoms with Gasteiger partial charge in [0.1, 0.15) is 5.82 Å². The fraction of sp³-hybridized carbons (Fsp3) is 0.346. The zero-order valence-electron chi connectivity index (χ0n) is 17.9. The van der Waals surface area contributed by atoms with Crippen LogP contribution in [0.4, 0.5) is 5.82 Å². The van der Waals surface area contributed by atoms with Crippen molar-refractivity contribution in [3.63, 3.8) is 0 Å². The molecule has 0 unspecified atom stereocenters. The summed E-state index contributed by atoms with van der Waals surface area (Å²) in [6.07, 6.45) is 11.0. The largest absolute Gasteiger partial charge is 0.370 e. The molecule has 0 fully saturated rings. The van der Waals surface area contributed by atoms with Crippen molar-refractivity contribution >= 4 is 28.6 Å². The zero-order chi connectivity index (χ0) is 20.9. The maximum Gasteiger partial charge on any atom is 0.155 e. The van der Waals surface area contributed by atoms with Crippen LogP contribution in [-0.4, -0.2) is 22.3 Å². The number of hydrogen-bond donors (Lipinski definition) is 1. The summed E-state index contributed by atoms with van der Waals surface area (Å²) >= 11 is 0. The standard InChI is InChI=1S/C26H29N3O/c1-18-14-22-16-20(17-28-25(22)15-19(18)2)9-12-24(30)8-4-3-7-23-11-10-21-6-5-13-27-26(21)29-23/h9-12,14-17H,3-8,13H2,1-2H3,(H,27,29)/b12-9+. The molecular formula is C26H29N3O. The highest BCUT2D eigenvalue weighted by Crippen LogP contribution is 2.21. The molecule has 0 saturated heterocycles. The average molecular weight is 400 g/mol. The number of rotatable bonds is 7. The lowest BCUT2D eigenvalue weighted by atomic mass is 10.0. The van der Waals surface area contributed by atoms with Gasteiger partial charge in [-0.2, -0.15) is 0 Å². The fourth-order valence-electron chi connectivity index (χ4n) is 3.89. The summed E-state index contributed by atoms with van der Waals surface area (Å²) < 4.78 is 0. The average Bonchev–Trinajstić information content (AvgIpc) is 2.76. The summed E-state index contributed by atoms with van der Waals surface area (Å²) in [5, 5.41) is 4.49. The van der Waals surface area contributed by atoms with Crippen molar-refractivity contribution in [1.29, 1.82) is 0 Å². The molecule has 3 aromatic rings. The van der Waals surface area contributed by atoms with Crippen molar-refractivity contribution in [3.8, 4) is 0 Å². The molecule has 0 bridgehead atoms. The van der Waals surface area contributed by atoms with Gasteiger partial charge >= 0.3 is 0 Å². The Labute approximate surface area is 178 Å². The number of aryl methyl sites for hydroxylation is 4. The van der Waals surface area contributed by atoms with E-state index in [0.29, 0.717) is 6.42 Å². The maximum absolute atomic E-state index is 12.2. The first-order valence-electron chi connectivity index (χ1n) is 10.9. The number of unbranched alkanes of at least 4 members (excludes halogenated alkanes) is 1. The van der Waals surface area contributed by atoms with Crippen molar-refractivity contribution in [1.82, 2.24) is 9.97 Å². The minimum Gasteiger partial charge on any atom is -0.370 e. The Hall–Kier alpha value is -3.01. The van der Waals surface area contributed by atoms with E-state index in [9.17, 15) is 4.79 Å². The number of nitrogens with zero attached hydrogens (tertiary/aromatic N) is 2. The van der Waals surface area contributed by atoms with Crippen LogP contribution in [0.1, 0.15) is 53.6 Å². The molecule has 1 aliphatic heterocycles. The van der Waals surface area contributed by atoms with Crippen molar-refractivity contribution in [2.24, 2.45) is 0 Å². The van der Waals surface area contributed by atoms with Gasteiger partial charge in [0.2, 0.25) is 0 Å². The second-order valence-corrected chi connectivity index (χ2v) is 8.25. The van der Waals surface area contributed by atoms with Crippen molar-refractivity contribution < 1.29 is 4.79 Å². The quantitative estimate of drug-likeness (QED) is 0.415. The van der Waals surface area contributed by atoms with E-state index in [1.807, 2.05) is 12.3 Å². The second-order valence-electron chi connectivity index (χ2n) is 8.25. The number of carbonyl (C=O) groups is 1. The SMILES string of the molecule is Cc1cc2cc(/C=C/C(=O)CCCCc3ccc4c(n3)NCCC4)cnc2cc1C. The monoisotopic (exact) mass is 399 g/mol. The van der Waals surface area contributed by atoms with Crippen molar-refractivity contribution in [3.05, 3.63) is 70.6 Å². The number of pyridine rings is 2. The smallest absolute Gasteiger partial charge is 0.155 e. The minimum absolute atomic E-state index is 0.162. The van der Waals surface area contributed by atoms with Crippen LogP contribution < -0.4 is 5.32 Å². The molecule has 0 atom stereocenters. The molecule has 2 aromatic heterocycles. The Morgan fingerprint density at radius 3 is 2.90 bits per heavy atom. The molecule has 0 amide bonds. The van der Waals surface area contributed by atoms with Crippen LogP contribution in [0.2, 0.25) is 0 Å².